The van der Waals surface area contributed by atoms with Crippen LogP contribution >= 0.6 is 0 Å². The lowest BCUT2D eigenvalue weighted by Gasteiger charge is -2.45. The molecule has 2 bridgehead atoms. The molecule has 1 fully saturated rings. The third-order valence-electron chi connectivity index (χ3n) is 9.26. The third-order valence-corrected chi connectivity index (χ3v) is 9.26. The average molecular weight is 540 g/mol. The minimum Gasteiger partial charge on any atom is -0.340 e. The second-order valence-corrected chi connectivity index (χ2v) is 11.2. The second kappa shape index (κ2) is 8.83. The van der Waals surface area contributed by atoms with E-state index in [1.165, 1.54) is 12.1 Å². The van der Waals surface area contributed by atoms with Crippen molar-refractivity contribution in [3.8, 4) is 0 Å². The van der Waals surface area contributed by atoms with Gasteiger partial charge in [0.05, 0.1) is 18.1 Å². The number of fused-ring (bicyclic) bond motifs is 1. The summed E-state index contributed by atoms with van der Waals surface area (Å²) in [6.45, 7) is 2.57. The van der Waals surface area contributed by atoms with E-state index in [-0.39, 0.29) is 29.5 Å². The molecule has 5 nitrogen and oxygen atoms in total. The van der Waals surface area contributed by atoms with Gasteiger partial charge in [0.1, 0.15) is 5.82 Å². The van der Waals surface area contributed by atoms with Gasteiger partial charge >= 0.3 is 0 Å². The summed E-state index contributed by atoms with van der Waals surface area (Å²) < 4.78 is 15.7. The second-order valence-electron chi connectivity index (χ2n) is 11.2. The number of amides is 2. The lowest BCUT2D eigenvalue weighted by Crippen LogP contribution is -2.41. The molecular formula is C35H26FN3O2. The molecule has 41 heavy (non-hydrogen) atoms. The highest BCUT2D eigenvalue weighted by Gasteiger charge is 2.61. The maximum absolute atomic E-state index is 14.0. The smallest absolute Gasteiger partial charge is 0.254 e. The van der Waals surface area contributed by atoms with Gasteiger partial charge in [0.15, 0.2) is 0 Å². The molecule has 3 aliphatic carbocycles. The van der Waals surface area contributed by atoms with Gasteiger partial charge in [0.2, 0.25) is 0 Å². The van der Waals surface area contributed by atoms with Crippen molar-refractivity contribution in [3.05, 3.63) is 142 Å². The van der Waals surface area contributed by atoms with E-state index < -0.39 is 11.8 Å². The molecule has 4 aromatic carbocycles. The molecule has 0 radical (unpaired) electrons. The molecule has 0 spiro atoms. The summed E-state index contributed by atoms with van der Waals surface area (Å²) in [4.78, 5) is 27.9. The van der Waals surface area contributed by atoms with Crippen molar-refractivity contribution in [3.63, 3.8) is 0 Å². The Balaban J connectivity index is 1.19. The number of hydrogen-bond donors (Lipinski definition) is 0. The Bertz CT molecular complexity index is 1810. The Labute approximate surface area is 236 Å². The predicted octanol–water partition coefficient (Wildman–Crippen LogP) is 6.36. The Morgan fingerprint density at radius 3 is 1.80 bits per heavy atom. The number of carbonyl (C=O) groups is 2. The number of para-hydroxylation sites is 1. The first-order valence-electron chi connectivity index (χ1n) is 13.9. The maximum Gasteiger partial charge on any atom is 0.254 e. The molecule has 5 aromatic rings. The van der Waals surface area contributed by atoms with Gasteiger partial charge in [-0.1, -0.05) is 78.9 Å². The standard InChI is InChI=1S/C35H26FN3O2/c1-20-28(23-8-6-7-13-29(23)38(20)19-21-14-16-22(36)17-15-21)18-37-39-34(40)32-30-24-9-2-3-10-25(24)31(33(32)35(39)41)27-12-5-4-11-26(27)30/h2-18,30-33H,19H2,1H3/b37-18-/t30?,31?,32-,33-/m1/s1. The molecule has 4 aliphatic rings. The topological polar surface area (TPSA) is 54.7 Å². The van der Waals surface area contributed by atoms with Crippen molar-refractivity contribution in [2.45, 2.75) is 25.3 Å². The number of nitrogens with zero attached hydrogens (tertiary/aromatic N) is 3. The fraction of sp³-hybridized carbons (Fsp3) is 0.171. The number of imide groups is 1. The largest absolute Gasteiger partial charge is 0.340 e. The van der Waals surface area contributed by atoms with E-state index >= 15 is 0 Å². The highest BCUT2D eigenvalue weighted by atomic mass is 19.1. The van der Waals surface area contributed by atoms with Gasteiger partial charge in [-0.3, -0.25) is 9.59 Å². The number of hydrazone groups is 1. The maximum atomic E-state index is 14.0. The van der Waals surface area contributed by atoms with Crippen LogP contribution in [0.15, 0.2) is 102 Å². The first kappa shape index (κ1) is 24.0. The van der Waals surface area contributed by atoms with Gasteiger partial charge in [0.25, 0.3) is 11.8 Å². The van der Waals surface area contributed by atoms with E-state index in [0.29, 0.717) is 6.54 Å². The van der Waals surface area contributed by atoms with Crippen LogP contribution in [0.3, 0.4) is 0 Å². The molecule has 1 aliphatic heterocycles. The molecule has 0 unspecified atom stereocenters. The summed E-state index contributed by atoms with van der Waals surface area (Å²) in [6.07, 6.45) is 1.66. The van der Waals surface area contributed by atoms with Crippen molar-refractivity contribution in [2.75, 3.05) is 0 Å². The van der Waals surface area contributed by atoms with Gasteiger partial charge in [-0.2, -0.15) is 10.1 Å². The van der Waals surface area contributed by atoms with Crippen molar-refractivity contribution >= 4 is 28.9 Å². The van der Waals surface area contributed by atoms with Crippen LogP contribution < -0.4 is 0 Å². The van der Waals surface area contributed by atoms with Crippen LogP contribution in [0.1, 0.15) is 50.9 Å². The first-order chi connectivity index (χ1) is 20.0. The Morgan fingerprint density at radius 1 is 0.732 bits per heavy atom. The van der Waals surface area contributed by atoms with E-state index in [9.17, 15) is 14.0 Å². The summed E-state index contributed by atoms with van der Waals surface area (Å²) in [6, 6.07) is 30.9. The van der Waals surface area contributed by atoms with Gasteiger partial charge in [-0.15, -0.1) is 0 Å². The molecule has 9 rings (SSSR count). The van der Waals surface area contributed by atoms with Crippen LogP contribution in [-0.2, 0) is 16.1 Å². The predicted molar refractivity (Wildman–Crippen MR) is 155 cm³/mol. The molecule has 1 aromatic heterocycles. The van der Waals surface area contributed by atoms with Crippen molar-refractivity contribution in [1.29, 1.82) is 0 Å². The normalized spacial score (nSPS) is 22.4. The van der Waals surface area contributed by atoms with E-state index in [2.05, 4.69) is 33.9 Å². The number of carbonyl (C=O) groups excluding carboxylic acids is 2. The molecule has 2 atom stereocenters. The number of rotatable bonds is 4. The molecule has 0 N–H and O–H groups in total. The molecule has 6 heteroatoms. The Kier molecular flexibility index (Phi) is 5.17. The highest BCUT2D eigenvalue weighted by molar-refractivity contribution is 6.09. The van der Waals surface area contributed by atoms with Gasteiger partial charge in [-0.25, -0.2) is 4.39 Å². The van der Waals surface area contributed by atoms with Crippen molar-refractivity contribution in [2.24, 2.45) is 16.9 Å². The number of hydrogen-bond acceptors (Lipinski definition) is 3. The molecular weight excluding hydrogens is 513 g/mol. The molecule has 1 saturated heterocycles. The number of benzene rings is 4. The van der Waals surface area contributed by atoms with Gasteiger partial charge in [0, 0.05) is 40.5 Å². The van der Waals surface area contributed by atoms with Gasteiger partial charge < -0.3 is 4.57 Å². The van der Waals surface area contributed by atoms with E-state index in [4.69, 9.17) is 0 Å². The zero-order valence-electron chi connectivity index (χ0n) is 22.4. The van der Waals surface area contributed by atoms with Crippen LogP contribution in [0.25, 0.3) is 10.9 Å². The van der Waals surface area contributed by atoms with Crippen LogP contribution in [-0.4, -0.2) is 27.6 Å². The zero-order valence-corrected chi connectivity index (χ0v) is 22.4. The van der Waals surface area contributed by atoms with E-state index in [1.807, 2.05) is 55.5 Å². The van der Waals surface area contributed by atoms with Crippen LogP contribution in [0, 0.1) is 24.6 Å². The number of aromatic nitrogens is 1. The zero-order chi connectivity index (χ0) is 27.8. The van der Waals surface area contributed by atoms with Crippen LogP contribution in [0.5, 0.6) is 0 Å². The monoisotopic (exact) mass is 539 g/mol. The third kappa shape index (κ3) is 3.37. The summed E-state index contributed by atoms with van der Waals surface area (Å²) in [5, 5.41) is 6.69. The van der Waals surface area contributed by atoms with Gasteiger partial charge in [-0.05, 0) is 52.9 Å². The van der Waals surface area contributed by atoms with Crippen molar-refractivity contribution < 1.29 is 14.0 Å². The summed E-state index contributed by atoms with van der Waals surface area (Å²) >= 11 is 0. The Morgan fingerprint density at radius 2 is 1.24 bits per heavy atom. The minimum absolute atomic E-state index is 0.159. The van der Waals surface area contributed by atoms with E-state index in [0.717, 1.165) is 55.0 Å². The quantitative estimate of drug-likeness (QED) is 0.197. The van der Waals surface area contributed by atoms with Crippen LogP contribution in [0.4, 0.5) is 4.39 Å². The lowest BCUT2D eigenvalue weighted by atomic mass is 9.55. The summed E-state index contributed by atoms with van der Waals surface area (Å²) in [7, 11) is 0. The molecule has 2 amide bonds. The fourth-order valence-corrected chi connectivity index (χ4v) is 7.49. The van der Waals surface area contributed by atoms with Crippen molar-refractivity contribution in [1.82, 2.24) is 9.58 Å². The molecule has 0 saturated carbocycles. The van der Waals surface area contributed by atoms with Crippen LogP contribution in [0.2, 0.25) is 0 Å². The average Bonchev–Trinajstić information content (AvgIpc) is 3.42. The molecule has 2 heterocycles. The summed E-state index contributed by atoms with van der Waals surface area (Å²) in [5.74, 6) is -1.98. The van der Waals surface area contributed by atoms with E-state index in [1.54, 1.807) is 18.3 Å². The SMILES string of the molecule is Cc1c(/C=N\N2C(=O)[C@@H]3C4c5ccccc5C(c5ccccc54)[C@H]3C2=O)c2ccccc2n1Cc1ccc(F)cc1. The fourth-order valence-electron chi connectivity index (χ4n) is 7.49. The Hall–Kier alpha value is -4.84. The minimum atomic E-state index is -0.463. The number of halogens is 1. The first-order valence-corrected chi connectivity index (χ1v) is 13.9. The highest BCUT2D eigenvalue weighted by Crippen LogP contribution is 2.61. The summed E-state index contributed by atoms with van der Waals surface area (Å²) in [5.41, 5.74) is 8.36. The molecule has 200 valence electrons. The lowest BCUT2D eigenvalue weighted by molar-refractivity contribution is -0.139.